The van der Waals surface area contributed by atoms with Gasteiger partial charge in [-0.25, -0.2) is 4.79 Å². The Hall–Kier alpha value is -1.85. The Labute approximate surface area is 86.1 Å². The molecule has 0 bridgehead atoms. The van der Waals surface area contributed by atoms with Crippen molar-refractivity contribution in [2.24, 2.45) is 14.1 Å². The molecule has 0 saturated heterocycles. The summed E-state index contributed by atoms with van der Waals surface area (Å²) in [5, 5.41) is 2.84. The van der Waals surface area contributed by atoms with Gasteiger partial charge < -0.3 is 10.1 Å². The smallest absolute Gasteiger partial charge is 0.332 e. The zero-order valence-electron chi connectivity index (χ0n) is 8.69. The van der Waals surface area contributed by atoms with Gasteiger partial charge >= 0.3 is 5.69 Å². The zero-order chi connectivity index (χ0) is 11.4. The zero-order valence-corrected chi connectivity index (χ0v) is 8.69. The third-order valence-electron chi connectivity index (χ3n) is 2.09. The van der Waals surface area contributed by atoms with Gasteiger partial charge in [-0.3, -0.25) is 13.9 Å². The maximum absolute atomic E-state index is 11.5. The number of nitrogens with one attached hydrogen (secondary N) is 1. The van der Waals surface area contributed by atoms with Crippen molar-refractivity contribution in [2.45, 2.75) is 6.42 Å². The van der Waals surface area contributed by atoms with Crippen molar-refractivity contribution in [3.63, 3.8) is 0 Å². The number of anilines is 1. The van der Waals surface area contributed by atoms with Crippen LogP contribution in [0.25, 0.3) is 0 Å². The van der Waals surface area contributed by atoms with Gasteiger partial charge in [-0.15, -0.1) is 0 Å². The van der Waals surface area contributed by atoms with Crippen LogP contribution in [-0.2, 0) is 18.9 Å². The first kappa shape index (κ1) is 11.2. The molecule has 0 amide bonds. The molecule has 0 atom stereocenters. The summed E-state index contributed by atoms with van der Waals surface area (Å²) in [6.45, 7) is 0.407. The van der Waals surface area contributed by atoms with Crippen molar-refractivity contribution >= 4 is 12.1 Å². The van der Waals surface area contributed by atoms with E-state index in [1.165, 1.54) is 17.7 Å². The Bertz CT molecular complexity index is 472. The van der Waals surface area contributed by atoms with E-state index in [0.29, 0.717) is 18.8 Å². The van der Waals surface area contributed by atoms with Crippen molar-refractivity contribution < 1.29 is 4.79 Å². The van der Waals surface area contributed by atoms with Gasteiger partial charge in [0.05, 0.1) is 0 Å². The fraction of sp³-hybridized carbons (Fsp3) is 0.444. The number of aromatic nitrogens is 2. The van der Waals surface area contributed by atoms with E-state index in [0.717, 1.165) is 10.9 Å². The van der Waals surface area contributed by atoms with E-state index in [9.17, 15) is 14.4 Å². The molecule has 0 aliphatic heterocycles. The van der Waals surface area contributed by atoms with Crippen LogP contribution < -0.4 is 16.6 Å². The number of carbonyl (C=O) groups excluding carboxylic acids is 1. The molecular weight excluding hydrogens is 198 g/mol. The molecule has 0 fully saturated rings. The summed E-state index contributed by atoms with van der Waals surface area (Å²) >= 11 is 0. The number of nitrogens with zero attached hydrogens (tertiary/aromatic N) is 2. The lowest BCUT2D eigenvalue weighted by molar-refractivity contribution is -0.107. The molecule has 0 saturated carbocycles. The molecule has 0 aliphatic rings. The number of rotatable bonds is 4. The molecule has 0 aromatic carbocycles. The average molecular weight is 211 g/mol. The van der Waals surface area contributed by atoms with Gasteiger partial charge in [-0.2, -0.15) is 0 Å². The molecule has 1 N–H and O–H groups in total. The highest BCUT2D eigenvalue weighted by atomic mass is 16.2. The van der Waals surface area contributed by atoms with Crippen LogP contribution in [-0.4, -0.2) is 22.0 Å². The molecule has 1 rings (SSSR count). The maximum atomic E-state index is 11.5. The second-order valence-electron chi connectivity index (χ2n) is 3.15. The lowest BCUT2D eigenvalue weighted by Gasteiger charge is -2.10. The van der Waals surface area contributed by atoms with Gasteiger partial charge in [-0.05, 0) is 0 Å². The minimum atomic E-state index is -0.392. The van der Waals surface area contributed by atoms with E-state index in [1.807, 2.05) is 0 Å². The molecule has 0 spiro atoms. The van der Waals surface area contributed by atoms with E-state index in [-0.39, 0.29) is 5.56 Å². The van der Waals surface area contributed by atoms with Gasteiger partial charge in [0, 0.05) is 33.1 Å². The van der Waals surface area contributed by atoms with Crippen LogP contribution in [0, 0.1) is 0 Å². The molecule has 0 radical (unpaired) electrons. The molecule has 1 heterocycles. The Morgan fingerprint density at radius 3 is 2.60 bits per heavy atom. The van der Waals surface area contributed by atoms with Crippen LogP contribution in [0.15, 0.2) is 15.7 Å². The van der Waals surface area contributed by atoms with Crippen LogP contribution in [0.4, 0.5) is 5.82 Å². The fourth-order valence-corrected chi connectivity index (χ4v) is 1.16. The summed E-state index contributed by atoms with van der Waals surface area (Å²) in [7, 11) is 2.98. The Morgan fingerprint density at radius 1 is 1.33 bits per heavy atom. The van der Waals surface area contributed by atoms with Crippen molar-refractivity contribution in [3.05, 3.63) is 26.9 Å². The topological polar surface area (TPSA) is 73.1 Å². The second-order valence-corrected chi connectivity index (χ2v) is 3.15. The molecule has 1 aromatic heterocycles. The highest BCUT2D eigenvalue weighted by Crippen LogP contribution is 1.97. The number of hydrogen-bond donors (Lipinski definition) is 1. The third-order valence-corrected chi connectivity index (χ3v) is 2.09. The first-order valence-corrected chi connectivity index (χ1v) is 4.52. The molecule has 82 valence electrons. The minimum Gasteiger partial charge on any atom is -0.371 e. The lowest BCUT2D eigenvalue weighted by Crippen LogP contribution is -2.37. The van der Waals surface area contributed by atoms with E-state index in [4.69, 9.17) is 0 Å². The monoisotopic (exact) mass is 211 g/mol. The summed E-state index contributed by atoms with van der Waals surface area (Å²) in [4.78, 5) is 32.8. The third kappa shape index (κ3) is 2.34. The summed E-state index contributed by atoms with van der Waals surface area (Å²) in [6, 6.07) is 1.33. The predicted octanol–water partition coefficient (Wildman–Crippen LogP) is -0.915. The lowest BCUT2D eigenvalue weighted by atomic mass is 10.4. The summed E-state index contributed by atoms with van der Waals surface area (Å²) in [5.74, 6) is 0.421. The van der Waals surface area contributed by atoms with Gasteiger partial charge in [-0.1, -0.05) is 0 Å². The first-order valence-electron chi connectivity index (χ1n) is 4.52. The molecule has 1 aromatic rings. The van der Waals surface area contributed by atoms with Gasteiger partial charge in [0.25, 0.3) is 5.56 Å². The van der Waals surface area contributed by atoms with E-state index >= 15 is 0 Å². The summed E-state index contributed by atoms with van der Waals surface area (Å²) in [6.07, 6.45) is 1.11. The van der Waals surface area contributed by atoms with Crippen molar-refractivity contribution in [1.82, 2.24) is 9.13 Å². The van der Waals surface area contributed by atoms with Gasteiger partial charge in [0.1, 0.15) is 12.1 Å². The molecule has 0 aliphatic carbocycles. The van der Waals surface area contributed by atoms with Crippen LogP contribution in [0.1, 0.15) is 6.42 Å². The van der Waals surface area contributed by atoms with Gasteiger partial charge in [0.2, 0.25) is 0 Å². The Morgan fingerprint density at radius 2 is 2.00 bits per heavy atom. The molecule has 15 heavy (non-hydrogen) atoms. The normalized spacial score (nSPS) is 10.0. The highest BCUT2D eigenvalue weighted by Gasteiger charge is 2.04. The second kappa shape index (κ2) is 4.59. The molecule has 6 nitrogen and oxygen atoms in total. The number of aldehydes is 1. The largest absolute Gasteiger partial charge is 0.371 e. The van der Waals surface area contributed by atoms with Crippen molar-refractivity contribution in [3.8, 4) is 0 Å². The summed E-state index contributed by atoms with van der Waals surface area (Å²) < 4.78 is 2.34. The van der Waals surface area contributed by atoms with Crippen molar-refractivity contribution in [2.75, 3.05) is 11.9 Å². The van der Waals surface area contributed by atoms with E-state index < -0.39 is 5.69 Å². The number of carbonyl (C=O) groups is 1. The van der Waals surface area contributed by atoms with Crippen LogP contribution in [0.5, 0.6) is 0 Å². The maximum Gasteiger partial charge on any atom is 0.332 e. The highest BCUT2D eigenvalue weighted by molar-refractivity contribution is 5.50. The van der Waals surface area contributed by atoms with Crippen LogP contribution in [0.3, 0.4) is 0 Å². The SMILES string of the molecule is Cn1c(NCCC=O)cc(=O)n(C)c1=O. The molecule has 6 heteroatoms. The van der Waals surface area contributed by atoms with E-state index in [2.05, 4.69) is 5.32 Å². The van der Waals surface area contributed by atoms with Gasteiger partial charge in [0.15, 0.2) is 0 Å². The summed E-state index contributed by atoms with van der Waals surface area (Å²) in [5.41, 5.74) is -0.761. The van der Waals surface area contributed by atoms with Crippen molar-refractivity contribution in [1.29, 1.82) is 0 Å². The first-order chi connectivity index (χ1) is 7.07. The average Bonchev–Trinajstić information content (AvgIpc) is 2.23. The number of hydrogen-bond acceptors (Lipinski definition) is 4. The molecule has 0 unspecified atom stereocenters. The Kier molecular flexibility index (Phi) is 3.43. The van der Waals surface area contributed by atoms with Crippen LogP contribution in [0.2, 0.25) is 0 Å². The minimum absolute atomic E-state index is 0.337. The predicted molar refractivity (Wildman–Crippen MR) is 56.1 cm³/mol. The molecular formula is C9H13N3O3. The quantitative estimate of drug-likeness (QED) is 0.516. The Balaban J connectivity index is 3.04. The van der Waals surface area contributed by atoms with Crippen LogP contribution >= 0.6 is 0 Å². The standard InChI is InChI=1S/C9H13N3O3/c1-11-7(10-4-3-5-13)6-8(14)12(2)9(11)15/h5-6,10H,3-4H2,1-2H3. The fourth-order valence-electron chi connectivity index (χ4n) is 1.16. The van der Waals surface area contributed by atoms with E-state index in [1.54, 1.807) is 7.05 Å².